The zero-order chi connectivity index (χ0) is 21.3. The smallest absolute Gasteiger partial charge is 0.271 e. The molecule has 3 rings (SSSR count). The quantitative estimate of drug-likeness (QED) is 0.462. The first kappa shape index (κ1) is 20.8. The molecule has 6 nitrogen and oxygen atoms in total. The summed E-state index contributed by atoms with van der Waals surface area (Å²) >= 11 is 0. The van der Waals surface area contributed by atoms with E-state index in [2.05, 4.69) is 15.8 Å². The summed E-state index contributed by atoms with van der Waals surface area (Å²) in [5, 5.41) is 6.81. The number of carbonyl (C=O) groups excluding carboxylic acids is 2. The molecule has 0 aliphatic heterocycles. The number of hydrogen-bond donors (Lipinski definition) is 2. The second-order valence-electron chi connectivity index (χ2n) is 6.79. The molecule has 0 heterocycles. The molecule has 0 fully saturated rings. The second-order valence-corrected chi connectivity index (χ2v) is 6.79. The van der Waals surface area contributed by atoms with Crippen molar-refractivity contribution >= 4 is 23.7 Å². The van der Waals surface area contributed by atoms with Crippen molar-refractivity contribution in [2.45, 2.75) is 13.8 Å². The van der Waals surface area contributed by atoms with Crippen LogP contribution in [0.5, 0.6) is 5.75 Å². The van der Waals surface area contributed by atoms with Crippen molar-refractivity contribution in [3.8, 4) is 5.75 Å². The summed E-state index contributed by atoms with van der Waals surface area (Å²) in [4.78, 5) is 24.1. The molecule has 0 spiro atoms. The van der Waals surface area contributed by atoms with Gasteiger partial charge in [0.25, 0.3) is 11.8 Å². The third kappa shape index (κ3) is 6.04. The van der Waals surface area contributed by atoms with Crippen LogP contribution in [-0.4, -0.2) is 24.6 Å². The molecule has 6 heteroatoms. The van der Waals surface area contributed by atoms with Crippen molar-refractivity contribution < 1.29 is 14.3 Å². The highest BCUT2D eigenvalue weighted by Crippen LogP contribution is 2.16. The molecule has 0 aliphatic rings. The third-order valence-corrected chi connectivity index (χ3v) is 4.33. The maximum absolute atomic E-state index is 12.1. The minimum atomic E-state index is -0.276. The van der Waals surface area contributed by atoms with Crippen LogP contribution in [-0.2, 0) is 4.79 Å². The molecule has 0 saturated carbocycles. The molecule has 0 atom stereocenters. The molecule has 152 valence electrons. The Labute approximate surface area is 175 Å². The van der Waals surface area contributed by atoms with Crippen molar-refractivity contribution in [3.63, 3.8) is 0 Å². The van der Waals surface area contributed by atoms with Gasteiger partial charge in [0.05, 0.1) is 6.21 Å². The highest BCUT2D eigenvalue weighted by Gasteiger charge is 2.06. The number of aryl methyl sites for hydroxylation is 2. The van der Waals surface area contributed by atoms with Crippen molar-refractivity contribution in [2.75, 3.05) is 11.9 Å². The van der Waals surface area contributed by atoms with Gasteiger partial charge >= 0.3 is 0 Å². The highest BCUT2D eigenvalue weighted by atomic mass is 16.5. The first-order chi connectivity index (χ1) is 14.5. The minimum absolute atomic E-state index is 0.0893. The fourth-order valence-corrected chi connectivity index (χ4v) is 2.68. The van der Waals surface area contributed by atoms with Crippen molar-refractivity contribution in [3.05, 3.63) is 95.1 Å². The molecule has 3 aromatic rings. The first-order valence-electron chi connectivity index (χ1n) is 9.50. The van der Waals surface area contributed by atoms with E-state index in [9.17, 15) is 9.59 Å². The van der Waals surface area contributed by atoms with Crippen LogP contribution in [0.3, 0.4) is 0 Å². The number of hydrogen-bond acceptors (Lipinski definition) is 4. The predicted octanol–water partition coefficient (Wildman–Crippen LogP) is 4.08. The number of hydrazone groups is 1. The Morgan fingerprint density at radius 1 is 0.967 bits per heavy atom. The Bertz CT molecular complexity index is 1050. The van der Waals surface area contributed by atoms with Crippen molar-refractivity contribution in [1.82, 2.24) is 5.43 Å². The molecule has 2 amide bonds. The van der Waals surface area contributed by atoms with Gasteiger partial charge in [0.2, 0.25) is 0 Å². The summed E-state index contributed by atoms with van der Waals surface area (Å²) in [7, 11) is 0. The molecule has 2 N–H and O–H groups in total. The number of carbonyl (C=O) groups is 2. The van der Waals surface area contributed by atoms with E-state index in [4.69, 9.17) is 4.74 Å². The number of nitrogens with one attached hydrogen (secondary N) is 2. The van der Waals surface area contributed by atoms with Gasteiger partial charge in [0.15, 0.2) is 6.61 Å². The number of nitrogens with zero attached hydrogens (tertiary/aromatic N) is 1. The SMILES string of the molecule is Cc1ccc(C)c(NC(=O)COc2ccc(/C=N\NC(=O)c3ccccc3)cc2)c1. The summed E-state index contributed by atoms with van der Waals surface area (Å²) in [6.45, 7) is 3.83. The molecule has 0 aliphatic carbocycles. The van der Waals surface area contributed by atoms with Gasteiger partial charge in [-0.1, -0.05) is 30.3 Å². The Hall–Kier alpha value is -3.93. The standard InChI is InChI=1S/C24H23N3O3/c1-17-8-9-18(2)22(14-17)26-23(28)16-30-21-12-10-19(11-13-21)15-25-27-24(29)20-6-4-3-5-7-20/h3-15H,16H2,1-2H3,(H,26,28)(H,27,29)/b25-15-. The van der Waals surface area contributed by atoms with Crippen LogP contribution >= 0.6 is 0 Å². The summed E-state index contributed by atoms with van der Waals surface area (Å²) in [6, 6.07) is 21.8. The van der Waals surface area contributed by atoms with Gasteiger partial charge in [-0.3, -0.25) is 9.59 Å². The van der Waals surface area contributed by atoms with E-state index in [-0.39, 0.29) is 18.4 Å². The lowest BCUT2D eigenvalue weighted by atomic mass is 10.1. The molecular formula is C24H23N3O3. The molecular weight excluding hydrogens is 378 g/mol. The van der Waals surface area contributed by atoms with E-state index >= 15 is 0 Å². The van der Waals surface area contributed by atoms with Crippen LogP contribution in [0.25, 0.3) is 0 Å². The van der Waals surface area contributed by atoms with Gasteiger partial charge in [-0.25, -0.2) is 5.43 Å². The van der Waals surface area contributed by atoms with E-state index < -0.39 is 0 Å². The summed E-state index contributed by atoms with van der Waals surface area (Å²) in [6.07, 6.45) is 1.54. The number of ether oxygens (including phenoxy) is 1. The topological polar surface area (TPSA) is 79.8 Å². The summed E-state index contributed by atoms with van der Waals surface area (Å²) in [5.74, 6) is 0.0659. The predicted molar refractivity (Wildman–Crippen MR) is 118 cm³/mol. The second kappa shape index (κ2) is 10.0. The Balaban J connectivity index is 1.47. The lowest BCUT2D eigenvalue weighted by Crippen LogP contribution is -2.20. The summed E-state index contributed by atoms with van der Waals surface area (Å²) < 4.78 is 5.54. The van der Waals surface area contributed by atoms with Gasteiger partial charge in [-0.05, 0) is 73.0 Å². The molecule has 0 unspecified atom stereocenters. The van der Waals surface area contributed by atoms with Crippen LogP contribution < -0.4 is 15.5 Å². The lowest BCUT2D eigenvalue weighted by Gasteiger charge is -2.10. The zero-order valence-corrected chi connectivity index (χ0v) is 16.9. The van der Waals surface area contributed by atoms with E-state index in [0.29, 0.717) is 11.3 Å². The van der Waals surface area contributed by atoms with Crippen LogP contribution in [0.1, 0.15) is 27.0 Å². The summed E-state index contributed by atoms with van der Waals surface area (Å²) in [5.41, 5.74) is 6.67. The van der Waals surface area contributed by atoms with Gasteiger partial charge in [-0.2, -0.15) is 5.10 Å². The minimum Gasteiger partial charge on any atom is -0.484 e. The fourth-order valence-electron chi connectivity index (χ4n) is 2.68. The molecule has 0 radical (unpaired) electrons. The van der Waals surface area contributed by atoms with E-state index in [1.807, 2.05) is 38.1 Å². The van der Waals surface area contributed by atoms with Gasteiger partial charge in [0, 0.05) is 11.3 Å². The maximum Gasteiger partial charge on any atom is 0.271 e. The van der Waals surface area contributed by atoms with Gasteiger partial charge in [0.1, 0.15) is 5.75 Å². The monoisotopic (exact) mass is 401 g/mol. The van der Waals surface area contributed by atoms with Crippen LogP contribution in [0.4, 0.5) is 5.69 Å². The molecule has 0 saturated heterocycles. The Kier molecular flexibility index (Phi) is 6.95. The Morgan fingerprint density at radius 2 is 1.70 bits per heavy atom. The van der Waals surface area contributed by atoms with Gasteiger partial charge in [-0.15, -0.1) is 0 Å². The van der Waals surface area contributed by atoms with Gasteiger partial charge < -0.3 is 10.1 Å². The average Bonchev–Trinajstić information content (AvgIpc) is 2.76. The third-order valence-electron chi connectivity index (χ3n) is 4.33. The van der Waals surface area contributed by atoms with E-state index in [0.717, 1.165) is 22.4 Å². The normalized spacial score (nSPS) is 10.6. The first-order valence-corrected chi connectivity index (χ1v) is 9.50. The zero-order valence-electron chi connectivity index (χ0n) is 16.9. The average molecular weight is 401 g/mol. The van der Waals surface area contributed by atoms with E-state index in [1.165, 1.54) is 6.21 Å². The molecule has 0 bridgehead atoms. The number of rotatable bonds is 7. The highest BCUT2D eigenvalue weighted by molar-refractivity contribution is 5.95. The molecule has 0 aromatic heterocycles. The van der Waals surface area contributed by atoms with Crippen molar-refractivity contribution in [2.24, 2.45) is 5.10 Å². The molecule has 3 aromatic carbocycles. The number of amides is 2. The lowest BCUT2D eigenvalue weighted by molar-refractivity contribution is -0.118. The van der Waals surface area contributed by atoms with Crippen molar-refractivity contribution in [1.29, 1.82) is 0 Å². The number of anilines is 1. The largest absolute Gasteiger partial charge is 0.484 e. The van der Waals surface area contributed by atoms with Crippen LogP contribution in [0, 0.1) is 13.8 Å². The fraction of sp³-hybridized carbons (Fsp3) is 0.125. The van der Waals surface area contributed by atoms with Crippen LogP contribution in [0.15, 0.2) is 77.9 Å². The van der Waals surface area contributed by atoms with E-state index in [1.54, 1.807) is 48.5 Å². The molecule has 30 heavy (non-hydrogen) atoms. The Morgan fingerprint density at radius 3 is 2.43 bits per heavy atom. The van der Waals surface area contributed by atoms with Crippen LogP contribution in [0.2, 0.25) is 0 Å². The number of benzene rings is 3. The maximum atomic E-state index is 12.1.